The Morgan fingerprint density at radius 3 is 2.62 bits per heavy atom. The molecule has 2 aliphatic heterocycles. The number of halogens is 1. The second kappa shape index (κ2) is 5.70. The van der Waals surface area contributed by atoms with Crippen LogP contribution in [-0.2, 0) is 0 Å². The third-order valence-corrected chi connectivity index (χ3v) is 5.35. The number of fused-ring (bicyclic) bond motifs is 3. The molecule has 3 heterocycles. The zero-order valence-electron chi connectivity index (χ0n) is 13.5. The number of aromatic nitrogens is 1. The van der Waals surface area contributed by atoms with E-state index in [1.165, 1.54) is 18.2 Å². The van der Waals surface area contributed by atoms with Crippen molar-refractivity contribution in [3.05, 3.63) is 46.0 Å². The molecule has 2 aliphatic rings. The molecule has 2 atom stereocenters. The number of nitrogens with zero attached hydrogens (tertiary/aromatic N) is 1. The fourth-order valence-corrected chi connectivity index (χ4v) is 4.11. The van der Waals surface area contributed by atoms with Crippen LogP contribution in [0.25, 0.3) is 10.9 Å². The Kier molecular flexibility index (Phi) is 3.64. The highest BCUT2D eigenvalue weighted by atomic mass is 19.1. The van der Waals surface area contributed by atoms with Gasteiger partial charge < -0.3 is 15.2 Å². The highest BCUT2D eigenvalue weighted by molar-refractivity contribution is 6.06. The summed E-state index contributed by atoms with van der Waals surface area (Å²) in [7, 11) is 1.80. The first-order valence-electron chi connectivity index (χ1n) is 8.37. The molecule has 4 rings (SSSR count). The quantitative estimate of drug-likeness (QED) is 0.886. The van der Waals surface area contributed by atoms with Crippen LogP contribution in [0.5, 0.6) is 0 Å². The first kappa shape index (κ1) is 15.3. The first-order valence-corrected chi connectivity index (χ1v) is 8.37. The number of amides is 1. The number of H-pyrrole nitrogens is 1. The van der Waals surface area contributed by atoms with Crippen LogP contribution in [0.3, 0.4) is 0 Å². The number of hydrogen-bond donors (Lipinski definition) is 2. The van der Waals surface area contributed by atoms with Gasteiger partial charge in [0.05, 0.1) is 11.1 Å². The van der Waals surface area contributed by atoms with Crippen molar-refractivity contribution >= 4 is 16.8 Å². The Morgan fingerprint density at radius 1 is 1.21 bits per heavy atom. The zero-order valence-corrected chi connectivity index (χ0v) is 13.5. The minimum Gasteiger partial charge on any atom is -0.339 e. The Balaban J connectivity index is 1.69. The van der Waals surface area contributed by atoms with Crippen molar-refractivity contribution in [1.29, 1.82) is 0 Å². The van der Waals surface area contributed by atoms with Crippen molar-refractivity contribution in [3.8, 4) is 0 Å². The number of hydrogen-bond acceptors (Lipinski definition) is 3. The number of nitrogens with one attached hydrogen (secondary N) is 2. The zero-order chi connectivity index (χ0) is 16.8. The Labute approximate surface area is 138 Å². The number of piperidine rings is 1. The molecular weight excluding hydrogens is 309 g/mol. The fourth-order valence-electron chi connectivity index (χ4n) is 4.11. The predicted octanol–water partition coefficient (Wildman–Crippen LogP) is 2.02. The van der Waals surface area contributed by atoms with E-state index < -0.39 is 11.4 Å². The molecule has 2 bridgehead atoms. The molecule has 2 saturated heterocycles. The SMILES string of the molecule is CN(C(=O)c1cc(=O)[nH]c2cc(F)ccc12)C1CC2CCC(C1)N2. The van der Waals surface area contributed by atoms with Gasteiger partial charge in [-0.05, 0) is 43.9 Å². The van der Waals surface area contributed by atoms with E-state index in [1.54, 1.807) is 18.0 Å². The average molecular weight is 329 g/mol. The molecule has 2 unspecified atom stereocenters. The lowest BCUT2D eigenvalue weighted by molar-refractivity contribution is 0.0683. The lowest BCUT2D eigenvalue weighted by Gasteiger charge is -2.35. The largest absolute Gasteiger partial charge is 0.339 e. The van der Waals surface area contributed by atoms with E-state index in [9.17, 15) is 14.0 Å². The molecule has 0 saturated carbocycles. The van der Waals surface area contributed by atoms with Crippen molar-refractivity contribution in [2.45, 2.75) is 43.8 Å². The van der Waals surface area contributed by atoms with Crippen LogP contribution in [0.2, 0.25) is 0 Å². The van der Waals surface area contributed by atoms with Crippen LogP contribution >= 0.6 is 0 Å². The molecule has 0 spiro atoms. The molecule has 5 nitrogen and oxygen atoms in total. The smallest absolute Gasteiger partial charge is 0.254 e. The predicted molar refractivity (Wildman–Crippen MR) is 89.6 cm³/mol. The van der Waals surface area contributed by atoms with Crippen LogP contribution in [0.15, 0.2) is 29.1 Å². The lowest BCUT2D eigenvalue weighted by atomic mass is 9.97. The van der Waals surface area contributed by atoms with Gasteiger partial charge >= 0.3 is 0 Å². The van der Waals surface area contributed by atoms with E-state index in [0.29, 0.717) is 28.6 Å². The summed E-state index contributed by atoms with van der Waals surface area (Å²) in [6, 6.07) is 6.55. The summed E-state index contributed by atoms with van der Waals surface area (Å²) < 4.78 is 13.4. The second-order valence-corrected chi connectivity index (χ2v) is 6.92. The number of rotatable bonds is 2. The Morgan fingerprint density at radius 2 is 1.92 bits per heavy atom. The summed E-state index contributed by atoms with van der Waals surface area (Å²) in [6.45, 7) is 0. The normalized spacial score (nSPS) is 25.8. The van der Waals surface area contributed by atoms with Crippen molar-refractivity contribution < 1.29 is 9.18 Å². The molecule has 0 aliphatic carbocycles. The molecule has 1 aromatic carbocycles. The molecule has 2 N–H and O–H groups in total. The lowest BCUT2D eigenvalue weighted by Crippen LogP contribution is -2.48. The van der Waals surface area contributed by atoms with Gasteiger partial charge in [0, 0.05) is 36.6 Å². The number of carbonyl (C=O) groups excluding carboxylic acids is 1. The monoisotopic (exact) mass is 329 g/mol. The van der Waals surface area contributed by atoms with E-state index in [4.69, 9.17) is 0 Å². The maximum atomic E-state index is 13.4. The van der Waals surface area contributed by atoms with Crippen molar-refractivity contribution in [1.82, 2.24) is 15.2 Å². The summed E-state index contributed by atoms with van der Waals surface area (Å²) in [6.07, 6.45) is 4.20. The summed E-state index contributed by atoms with van der Waals surface area (Å²) in [5, 5.41) is 4.14. The summed E-state index contributed by atoms with van der Waals surface area (Å²) in [5.74, 6) is -0.616. The van der Waals surface area contributed by atoms with Crippen molar-refractivity contribution in [2.24, 2.45) is 0 Å². The van der Waals surface area contributed by atoms with E-state index in [2.05, 4.69) is 10.3 Å². The van der Waals surface area contributed by atoms with Crippen LogP contribution < -0.4 is 10.9 Å². The maximum Gasteiger partial charge on any atom is 0.254 e. The molecule has 1 aromatic heterocycles. The molecular formula is C18H20FN3O2. The number of pyridine rings is 1. The van der Waals surface area contributed by atoms with E-state index in [1.807, 2.05) is 0 Å². The highest BCUT2D eigenvalue weighted by Crippen LogP contribution is 2.30. The summed E-state index contributed by atoms with van der Waals surface area (Å²) >= 11 is 0. The van der Waals surface area contributed by atoms with Crippen LogP contribution in [0, 0.1) is 5.82 Å². The van der Waals surface area contributed by atoms with Crippen molar-refractivity contribution in [3.63, 3.8) is 0 Å². The highest BCUT2D eigenvalue weighted by Gasteiger charge is 2.36. The van der Waals surface area contributed by atoms with E-state index >= 15 is 0 Å². The molecule has 2 aromatic rings. The molecule has 0 radical (unpaired) electrons. The van der Waals surface area contributed by atoms with Gasteiger partial charge in [0.1, 0.15) is 5.82 Å². The van der Waals surface area contributed by atoms with Gasteiger partial charge in [-0.3, -0.25) is 9.59 Å². The molecule has 24 heavy (non-hydrogen) atoms. The van der Waals surface area contributed by atoms with Crippen molar-refractivity contribution in [2.75, 3.05) is 7.05 Å². The van der Waals surface area contributed by atoms with Gasteiger partial charge in [-0.25, -0.2) is 4.39 Å². The molecule has 6 heteroatoms. The van der Waals surface area contributed by atoms with Crippen LogP contribution in [-0.4, -0.2) is 41.0 Å². The average Bonchev–Trinajstić information content (AvgIpc) is 2.90. The topological polar surface area (TPSA) is 65.2 Å². The van der Waals surface area contributed by atoms with Gasteiger partial charge in [0.2, 0.25) is 5.56 Å². The summed E-state index contributed by atoms with van der Waals surface area (Å²) in [4.78, 5) is 29.2. The maximum absolute atomic E-state index is 13.4. The second-order valence-electron chi connectivity index (χ2n) is 6.92. The van der Waals surface area contributed by atoms with Gasteiger partial charge in [0.25, 0.3) is 5.91 Å². The van der Waals surface area contributed by atoms with Gasteiger partial charge in [-0.1, -0.05) is 0 Å². The first-order chi connectivity index (χ1) is 11.5. The van der Waals surface area contributed by atoms with Crippen LogP contribution in [0.1, 0.15) is 36.0 Å². The van der Waals surface area contributed by atoms with E-state index in [-0.39, 0.29) is 11.9 Å². The minimum atomic E-state index is -0.439. The Hall–Kier alpha value is -2.21. The third-order valence-electron chi connectivity index (χ3n) is 5.35. The standard InChI is InChI=1S/C18H20FN3O2/c1-22(13-7-11-3-4-12(8-13)20-11)18(24)15-9-17(23)21-16-6-10(19)2-5-14(15)16/h2,5-6,9,11-13,20H,3-4,7-8H2,1H3,(H,21,23). The number of benzene rings is 1. The fraction of sp³-hybridized carbons (Fsp3) is 0.444. The van der Waals surface area contributed by atoms with E-state index in [0.717, 1.165) is 25.7 Å². The molecule has 126 valence electrons. The molecule has 1 amide bonds. The third kappa shape index (κ3) is 2.60. The van der Waals surface area contributed by atoms with Crippen LogP contribution in [0.4, 0.5) is 4.39 Å². The summed E-state index contributed by atoms with van der Waals surface area (Å²) in [5.41, 5.74) is 0.294. The van der Waals surface area contributed by atoms with Gasteiger partial charge in [-0.15, -0.1) is 0 Å². The Bertz CT molecular complexity index is 851. The van der Waals surface area contributed by atoms with Gasteiger partial charge in [0.15, 0.2) is 0 Å². The van der Waals surface area contributed by atoms with Gasteiger partial charge in [-0.2, -0.15) is 0 Å². The molecule has 2 fully saturated rings. The number of carbonyl (C=O) groups is 1. The minimum absolute atomic E-state index is 0.172. The number of aromatic amines is 1.